The number of benzene rings is 3. The van der Waals surface area contributed by atoms with Gasteiger partial charge in [-0.15, -0.1) is 0 Å². The van der Waals surface area contributed by atoms with Crippen LogP contribution in [0.25, 0.3) is 22.1 Å². The van der Waals surface area contributed by atoms with Gasteiger partial charge in [0.2, 0.25) is 0 Å². The van der Waals surface area contributed by atoms with Gasteiger partial charge < -0.3 is 9.15 Å². The summed E-state index contributed by atoms with van der Waals surface area (Å²) in [6, 6.07) is 20.4. The summed E-state index contributed by atoms with van der Waals surface area (Å²) in [5.41, 5.74) is 3.76. The van der Waals surface area contributed by atoms with Crippen LogP contribution < -0.4 is 10.4 Å². The van der Waals surface area contributed by atoms with Crippen LogP contribution in [-0.2, 0) is 13.0 Å². The van der Waals surface area contributed by atoms with E-state index in [1.807, 2.05) is 42.5 Å². The fraction of sp³-hybridized carbons (Fsp3) is 0.125. The molecule has 0 bridgehead atoms. The number of hydrogen-bond acceptors (Lipinski definition) is 3. The average Bonchev–Trinajstić information content (AvgIpc) is 2.72. The molecule has 0 saturated heterocycles. The van der Waals surface area contributed by atoms with E-state index in [2.05, 4.69) is 6.92 Å². The first-order chi connectivity index (χ1) is 14.0. The third-order valence-corrected chi connectivity index (χ3v) is 5.38. The molecule has 0 saturated carbocycles. The van der Waals surface area contributed by atoms with Gasteiger partial charge in [-0.25, -0.2) is 4.79 Å². The van der Waals surface area contributed by atoms with Gasteiger partial charge in [-0.2, -0.15) is 0 Å². The SMILES string of the molecule is CCc1cc2c(-c3ccccc3)cc(=O)oc2cc1OCc1ccc(Cl)cc1Cl. The molecule has 3 aromatic carbocycles. The van der Waals surface area contributed by atoms with Crippen molar-refractivity contribution in [2.75, 3.05) is 0 Å². The Morgan fingerprint density at radius 2 is 1.72 bits per heavy atom. The molecule has 0 atom stereocenters. The van der Waals surface area contributed by atoms with E-state index < -0.39 is 5.63 Å². The number of rotatable bonds is 5. The summed E-state index contributed by atoms with van der Waals surface area (Å²) < 4.78 is 11.5. The molecular weight excluding hydrogens is 407 g/mol. The lowest BCUT2D eigenvalue weighted by Crippen LogP contribution is -2.02. The van der Waals surface area contributed by atoms with Crippen LogP contribution in [0.15, 0.2) is 75.9 Å². The van der Waals surface area contributed by atoms with Gasteiger partial charge in [0.25, 0.3) is 0 Å². The predicted molar refractivity (Wildman–Crippen MR) is 118 cm³/mol. The number of ether oxygens (including phenoxy) is 1. The van der Waals surface area contributed by atoms with Crippen LogP contribution in [0.1, 0.15) is 18.1 Å². The summed E-state index contributed by atoms with van der Waals surface area (Å²) in [7, 11) is 0. The summed E-state index contributed by atoms with van der Waals surface area (Å²) in [6.07, 6.45) is 0.771. The van der Waals surface area contributed by atoms with E-state index in [-0.39, 0.29) is 6.61 Å². The largest absolute Gasteiger partial charge is 0.488 e. The molecule has 4 aromatic rings. The maximum atomic E-state index is 12.2. The van der Waals surface area contributed by atoms with Crippen molar-refractivity contribution in [2.24, 2.45) is 0 Å². The Labute approximate surface area is 178 Å². The molecular formula is C24H18Cl2O3. The normalized spacial score (nSPS) is 11.0. The molecule has 0 aliphatic rings. The molecule has 4 rings (SSSR count). The first-order valence-corrected chi connectivity index (χ1v) is 10.0. The first-order valence-electron chi connectivity index (χ1n) is 9.28. The standard InChI is InChI=1S/C24H18Cl2O3/c1-2-15-10-20-19(16-6-4-3-5-7-16)12-24(27)29-23(20)13-22(15)28-14-17-8-9-18(25)11-21(17)26/h3-13H,2,14H2,1H3. The molecule has 1 heterocycles. The third kappa shape index (κ3) is 4.16. The maximum absolute atomic E-state index is 12.2. The molecule has 0 spiro atoms. The topological polar surface area (TPSA) is 39.4 Å². The van der Waals surface area contributed by atoms with Crippen molar-refractivity contribution in [1.82, 2.24) is 0 Å². The van der Waals surface area contributed by atoms with Crippen LogP contribution in [0, 0.1) is 0 Å². The smallest absolute Gasteiger partial charge is 0.336 e. The summed E-state index contributed by atoms with van der Waals surface area (Å²) in [4.78, 5) is 12.2. The van der Waals surface area contributed by atoms with Gasteiger partial charge in [-0.05, 0) is 41.3 Å². The Hall–Kier alpha value is -2.75. The van der Waals surface area contributed by atoms with Crippen molar-refractivity contribution < 1.29 is 9.15 Å². The lowest BCUT2D eigenvalue weighted by Gasteiger charge is -2.14. The van der Waals surface area contributed by atoms with E-state index in [0.29, 0.717) is 21.4 Å². The van der Waals surface area contributed by atoms with Crippen molar-refractivity contribution in [3.8, 4) is 16.9 Å². The van der Waals surface area contributed by atoms with Gasteiger partial charge in [0, 0.05) is 33.1 Å². The minimum atomic E-state index is -0.396. The summed E-state index contributed by atoms with van der Waals surface area (Å²) in [6.45, 7) is 2.35. The predicted octanol–water partition coefficient (Wildman–Crippen LogP) is 6.91. The minimum Gasteiger partial charge on any atom is -0.488 e. The van der Waals surface area contributed by atoms with Crippen molar-refractivity contribution >= 4 is 34.2 Å². The first kappa shape index (κ1) is 19.6. The van der Waals surface area contributed by atoms with E-state index in [1.54, 1.807) is 18.2 Å². The highest BCUT2D eigenvalue weighted by atomic mass is 35.5. The molecule has 1 aromatic heterocycles. The molecule has 3 nitrogen and oxygen atoms in total. The van der Waals surface area contributed by atoms with E-state index in [0.717, 1.165) is 34.1 Å². The molecule has 0 radical (unpaired) electrons. The fourth-order valence-corrected chi connectivity index (χ4v) is 3.76. The van der Waals surface area contributed by atoms with Crippen molar-refractivity contribution in [3.63, 3.8) is 0 Å². The third-order valence-electron chi connectivity index (χ3n) is 4.79. The number of halogens is 2. The van der Waals surface area contributed by atoms with Crippen LogP contribution in [0.5, 0.6) is 5.75 Å². The highest BCUT2D eigenvalue weighted by molar-refractivity contribution is 6.35. The van der Waals surface area contributed by atoms with Crippen molar-refractivity contribution in [3.05, 3.63) is 98.3 Å². The van der Waals surface area contributed by atoms with Crippen molar-refractivity contribution in [2.45, 2.75) is 20.0 Å². The van der Waals surface area contributed by atoms with E-state index in [9.17, 15) is 4.79 Å². The molecule has 0 aliphatic heterocycles. The lowest BCUT2D eigenvalue weighted by atomic mass is 9.99. The zero-order valence-electron chi connectivity index (χ0n) is 15.7. The Bertz CT molecular complexity index is 1230. The monoisotopic (exact) mass is 424 g/mol. The summed E-state index contributed by atoms with van der Waals surface area (Å²) in [5, 5.41) is 2.01. The highest BCUT2D eigenvalue weighted by Crippen LogP contribution is 2.33. The van der Waals surface area contributed by atoms with Gasteiger partial charge in [-0.3, -0.25) is 0 Å². The Morgan fingerprint density at radius 1 is 0.931 bits per heavy atom. The van der Waals surface area contributed by atoms with E-state index >= 15 is 0 Å². The second-order valence-corrected chi connectivity index (χ2v) is 7.52. The van der Waals surface area contributed by atoms with Crippen LogP contribution in [0.2, 0.25) is 10.0 Å². The zero-order valence-corrected chi connectivity index (χ0v) is 17.3. The van der Waals surface area contributed by atoms with Crippen molar-refractivity contribution in [1.29, 1.82) is 0 Å². The van der Waals surface area contributed by atoms with E-state index in [4.69, 9.17) is 32.4 Å². The molecule has 0 aliphatic carbocycles. The van der Waals surface area contributed by atoms with Gasteiger partial charge in [0.1, 0.15) is 17.9 Å². The van der Waals surface area contributed by atoms with Crippen LogP contribution in [0.3, 0.4) is 0 Å². The summed E-state index contributed by atoms with van der Waals surface area (Å²) in [5.74, 6) is 0.666. The Morgan fingerprint density at radius 3 is 2.45 bits per heavy atom. The molecule has 0 fully saturated rings. The van der Waals surface area contributed by atoms with Gasteiger partial charge >= 0.3 is 5.63 Å². The molecule has 0 unspecified atom stereocenters. The Kier molecular flexibility index (Phi) is 5.61. The maximum Gasteiger partial charge on any atom is 0.336 e. The lowest BCUT2D eigenvalue weighted by molar-refractivity contribution is 0.303. The molecule has 146 valence electrons. The van der Waals surface area contributed by atoms with Gasteiger partial charge in [-0.1, -0.05) is 66.5 Å². The number of fused-ring (bicyclic) bond motifs is 1. The van der Waals surface area contributed by atoms with Gasteiger partial charge in [0.15, 0.2) is 0 Å². The van der Waals surface area contributed by atoms with Crippen LogP contribution >= 0.6 is 23.2 Å². The highest BCUT2D eigenvalue weighted by Gasteiger charge is 2.13. The quantitative estimate of drug-likeness (QED) is 0.326. The minimum absolute atomic E-state index is 0.289. The molecule has 0 amide bonds. The second kappa shape index (κ2) is 8.32. The average molecular weight is 425 g/mol. The number of aryl methyl sites for hydroxylation is 1. The summed E-state index contributed by atoms with van der Waals surface area (Å²) >= 11 is 12.2. The molecule has 0 N–H and O–H groups in total. The number of hydrogen-bond donors (Lipinski definition) is 0. The second-order valence-electron chi connectivity index (χ2n) is 6.68. The molecule has 5 heteroatoms. The Balaban J connectivity index is 1.77. The molecule has 29 heavy (non-hydrogen) atoms. The van der Waals surface area contributed by atoms with Crippen LogP contribution in [0.4, 0.5) is 0 Å². The van der Waals surface area contributed by atoms with E-state index in [1.165, 1.54) is 6.07 Å². The van der Waals surface area contributed by atoms with Gasteiger partial charge in [0.05, 0.1) is 0 Å². The fourth-order valence-electron chi connectivity index (χ4n) is 3.30. The zero-order chi connectivity index (χ0) is 20.4. The van der Waals surface area contributed by atoms with Crippen LogP contribution in [-0.4, -0.2) is 0 Å².